The molecule has 0 bridgehead atoms. The summed E-state index contributed by atoms with van der Waals surface area (Å²) in [5.74, 6) is 1.48. The van der Waals surface area contributed by atoms with Crippen LogP contribution in [0.1, 0.15) is 27.7 Å². The average Bonchev–Trinajstić information content (AvgIpc) is 3.18. The van der Waals surface area contributed by atoms with Crippen LogP contribution in [0.5, 0.6) is 11.5 Å². The summed E-state index contributed by atoms with van der Waals surface area (Å²) in [6, 6.07) is 23.5. The zero-order valence-electron chi connectivity index (χ0n) is 14.6. The van der Waals surface area contributed by atoms with Crippen molar-refractivity contribution in [3.63, 3.8) is 0 Å². The molecule has 0 aromatic heterocycles. The third-order valence-electron chi connectivity index (χ3n) is 4.93. The molecule has 2 aliphatic heterocycles. The molecule has 2 aliphatic rings. The first-order valence-corrected chi connectivity index (χ1v) is 8.89. The first-order chi connectivity index (χ1) is 13.3. The first-order valence-electron chi connectivity index (χ1n) is 8.89. The molecule has 27 heavy (non-hydrogen) atoms. The molecule has 0 spiro atoms. The maximum Gasteiger partial charge on any atom is 0.258 e. The smallest absolute Gasteiger partial charge is 0.258 e. The van der Waals surface area contributed by atoms with E-state index in [2.05, 4.69) is 5.32 Å². The largest absolute Gasteiger partial charge is 0.454 e. The molecule has 0 saturated carbocycles. The van der Waals surface area contributed by atoms with E-state index in [0.29, 0.717) is 12.1 Å². The van der Waals surface area contributed by atoms with E-state index < -0.39 is 0 Å². The highest BCUT2D eigenvalue weighted by molar-refractivity contribution is 6.01. The highest BCUT2D eigenvalue weighted by atomic mass is 16.7. The zero-order chi connectivity index (χ0) is 18.2. The van der Waals surface area contributed by atoms with Crippen molar-refractivity contribution in [2.75, 3.05) is 12.1 Å². The molecule has 5 heteroatoms. The van der Waals surface area contributed by atoms with Crippen LogP contribution >= 0.6 is 0 Å². The van der Waals surface area contributed by atoms with Crippen LogP contribution in [0.15, 0.2) is 72.8 Å². The van der Waals surface area contributed by atoms with Gasteiger partial charge in [0.05, 0.1) is 5.56 Å². The molecule has 2 heterocycles. The van der Waals surface area contributed by atoms with Crippen LogP contribution in [-0.4, -0.2) is 17.6 Å². The number of carbonyl (C=O) groups excluding carboxylic acids is 1. The van der Waals surface area contributed by atoms with Crippen molar-refractivity contribution >= 4 is 11.6 Å². The number of anilines is 1. The topological polar surface area (TPSA) is 50.8 Å². The quantitative estimate of drug-likeness (QED) is 0.763. The summed E-state index contributed by atoms with van der Waals surface area (Å²) in [5, 5.41) is 3.52. The summed E-state index contributed by atoms with van der Waals surface area (Å²) in [4.78, 5) is 15.1. The van der Waals surface area contributed by atoms with Gasteiger partial charge in [-0.05, 0) is 35.4 Å². The minimum atomic E-state index is -0.237. The highest BCUT2D eigenvalue weighted by Gasteiger charge is 2.33. The predicted molar refractivity (Wildman–Crippen MR) is 102 cm³/mol. The third kappa shape index (κ3) is 2.77. The van der Waals surface area contributed by atoms with Crippen LogP contribution in [0, 0.1) is 0 Å². The molecule has 3 aromatic rings. The van der Waals surface area contributed by atoms with E-state index in [1.807, 2.05) is 77.7 Å². The van der Waals surface area contributed by atoms with Gasteiger partial charge in [-0.25, -0.2) is 0 Å². The fourth-order valence-corrected chi connectivity index (χ4v) is 3.59. The van der Waals surface area contributed by atoms with E-state index >= 15 is 0 Å². The molecule has 0 aliphatic carbocycles. The summed E-state index contributed by atoms with van der Waals surface area (Å²) in [6.45, 7) is 0.708. The van der Waals surface area contributed by atoms with Gasteiger partial charge < -0.3 is 19.7 Å². The number of hydrogen-bond donors (Lipinski definition) is 1. The van der Waals surface area contributed by atoms with Gasteiger partial charge in [-0.3, -0.25) is 4.79 Å². The van der Waals surface area contributed by atoms with Gasteiger partial charge >= 0.3 is 0 Å². The van der Waals surface area contributed by atoms with Gasteiger partial charge in [0.1, 0.15) is 6.17 Å². The highest BCUT2D eigenvalue weighted by Crippen LogP contribution is 2.36. The van der Waals surface area contributed by atoms with Gasteiger partial charge in [0.15, 0.2) is 11.5 Å². The van der Waals surface area contributed by atoms with E-state index in [1.165, 1.54) is 0 Å². The van der Waals surface area contributed by atoms with E-state index in [-0.39, 0.29) is 18.9 Å². The Morgan fingerprint density at radius 2 is 1.70 bits per heavy atom. The van der Waals surface area contributed by atoms with Gasteiger partial charge in [0, 0.05) is 12.2 Å². The lowest BCUT2D eigenvalue weighted by atomic mass is 10.0. The fourth-order valence-electron chi connectivity index (χ4n) is 3.59. The summed E-state index contributed by atoms with van der Waals surface area (Å²) in [7, 11) is 0. The van der Waals surface area contributed by atoms with E-state index in [4.69, 9.17) is 9.47 Å². The standard InChI is InChI=1S/C22H18N2O3/c25-22-17-8-4-5-9-18(17)23-21(16-6-2-1-3-7-16)24(22)13-15-10-11-19-20(12-15)27-14-26-19/h1-12,21,23H,13-14H2. The summed E-state index contributed by atoms with van der Waals surface area (Å²) >= 11 is 0. The molecule has 3 aromatic carbocycles. The summed E-state index contributed by atoms with van der Waals surface area (Å²) < 4.78 is 10.9. The average molecular weight is 358 g/mol. The van der Waals surface area contributed by atoms with Crippen molar-refractivity contribution in [2.45, 2.75) is 12.7 Å². The number of ether oxygens (including phenoxy) is 2. The van der Waals surface area contributed by atoms with Gasteiger partial charge in [0.2, 0.25) is 6.79 Å². The molecule has 1 amide bonds. The van der Waals surface area contributed by atoms with E-state index in [9.17, 15) is 4.79 Å². The second-order valence-corrected chi connectivity index (χ2v) is 6.62. The minimum Gasteiger partial charge on any atom is -0.454 e. The number of rotatable bonds is 3. The maximum absolute atomic E-state index is 13.3. The van der Waals surface area contributed by atoms with Crippen LogP contribution in [0.25, 0.3) is 0 Å². The zero-order valence-corrected chi connectivity index (χ0v) is 14.6. The van der Waals surface area contributed by atoms with Crippen molar-refractivity contribution in [1.82, 2.24) is 4.90 Å². The Hall–Kier alpha value is -3.47. The van der Waals surface area contributed by atoms with Crippen molar-refractivity contribution in [2.24, 2.45) is 0 Å². The monoisotopic (exact) mass is 358 g/mol. The molecule has 134 valence electrons. The van der Waals surface area contributed by atoms with Crippen LogP contribution < -0.4 is 14.8 Å². The lowest BCUT2D eigenvalue weighted by Crippen LogP contribution is -2.42. The van der Waals surface area contributed by atoms with Gasteiger partial charge in [-0.2, -0.15) is 0 Å². The Kier molecular flexibility index (Phi) is 3.71. The van der Waals surface area contributed by atoms with Crippen molar-refractivity contribution < 1.29 is 14.3 Å². The molecule has 5 rings (SSSR count). The van der Waals surface area contributed by atoms with Crippen molar-refractivity contribution in [3.05, 3.63) is 89.5 Å². The molecule has 0 fully saturated rings. The van der Waals surface area contributed by atoms with Crippen molar-refractivity contribution in [1.29, 1.82) is 0 Å². The molecular formula is C22H18N2O3. The number of fused-ring (bicyclic) bond motifs is 2. The molecule has 1 atom stereocenters. The number of nitrogens with one attached hydrogen (secondary N) is 1. The van der Waals surface area contributed by atoms with Crippen LogP contribution in [0.3, 0.4) is 0 Å². The molecular weight excluding hydrogens is 340 g/mol. The molecule has 1 unspecified atom stereocenters. The molecule has 5 nitrogen and oxygen atoms in total. The second-order valence-electron chi connectivity index (χ2n) is 6.62. The molecule has 1 N–H and O–H groups in total. The van der Waals surface area contributed by atoms with E-state index in [0.717, 1.165) is 28.3 Å². The number of benzene rings is 3. The molecule has 0 saturated heterocycles. The SMILES string of the molecule is O=C1c2ccccc2NC(c2ccccc2)N1Cc1ccc2c(c1)OCO2. The Labute approximate surface area is 157 Å². The maximum atomic E-state index is 13.3. The lowest BCUT2D eigenvalue weighted by Gasteiger charge is -2.38. The number of para-hydroxylation sites is 1. The number of amides is 1. The Bertz CT molecular complexity index is 1000. The van der Waals surface area contributed by atoms with E-state index in [1.54, 1.807) is 0 Å². The van der Waals surface area contributed by atoms with Gasteiger partial charge in [-0.15, -0.1) is 0 Å². The summed E-state index contributed by atoms with van der Waals surface area (Å²) in [5.41, 5.74) is 3.58. The predicted octanol–water partition coefficient (Wildman–Crippen LogP) is 4.18. The van der Waals surface area contributed by atoms with Crippen LogP contribution in [-0.2, 0) is 6.54 Å². The van der Waals surface area contributed by atoms with Crippen LogP contribution in [0.2, 0.25) is 0 Å². The Morgan fingerprint density at radius 3 is 2.59 bits per heavy atom. The number of nitrogens with zero attached hydrogens (tertiary/aromatic N) is 1. The molecule has 0 radical (unpaired) electrons. The normalized spacial score (nSPS) is 17.4. The second kappa shape index (κ2) is 6.36. The summed E-state index contributed by atoms with van der Waals surface area (Å²) in [6.07, 6.45) is -0.237. The first kappa shape index (κ1) is 15.8. The Balaban J connectivity index is 1.53. The van der Waals surface area contributed by atoms with Crippen LogP contribution in [0.4, 0.5) is 5.69 Å². The fraction of sp³-hybridized carbons (Fsp3) is 0.136. The van der Waals surface area contributed by atoms with Crippen molar-refractivity contribution in [3.8, 4) is 11.5 Å². The number of carbonyl (C=O) groups is 1. The Morgan fingerprint density at radius 1 is 0.926 bits per heavy atom. The lowest BCUT2D eigenvalue weighted by molar-refractivity contribution is 0.0666. The van der Waals surface area contributed by atoms with Gasteiger partial charge in [0.25, 0.3) is 5.91 Å². The minimum absolute atomic E-state index is 0.0101. The number of hydrogen-bond acceptors (Lipinski definition) is 4. The third-order valence-corrected chi connectivity index (χ3v) is 4.93. The van der Waals surface area contributed by atoms with Gasteiger partial charge in [-0.1, -0.05) is 48.5 Å².